The first-order chi connectivity index (χ1) is 11.0. The third-order valence-corrected chi connectivity index (χ3v) is 3.81. The van der Waals surface area contributed by atoms with Crippen molar-refractivity contribution in [3.8, 4) is 5.75 Å². The Morgan fingerprint density at radius 1 is 1.35 bits per heavy atom. The van der Waals surface area contributed by atoms with Gasteiger partial charge in [0, 0.05) is 6.08 Å². The van der Waals surface area contributed by atoms with Crippen LogP contribution in [-0.4, -0.2) is 27.3 Å². The Balaban J connectivity index is 1.91. The number of phenols is 1. The molecule has 1 aliphatic heterocycles. The fraction of sp³-hybridized carbons (Fsp3) is 0. The molecule has 0 aliphatic carbocycles. The van der Waals surface area contributed by atoms with Gasteiger partial charge in [-0.2, -0.15) is 0 Å². The molecule has 116 valence electrons. The molecule has 0 spiro atoms. The molecule has 1 amide bonds. The summed E-state index contributed by atoms with van der Waals surface area (Å²) in [7, 11) is 0. The first kappa shape index (κ1) is 14.9. The number of nitrogens with zero attached hydrogens (tertiary/aromatic N) is 1. The second-order valence-electron chi connectivity index (χ2n) is 4.50. The molecule has 1 aromatic carbocycles. The minimum absolute atomic E-state index is 0.136. The average Bonchev–Trinajstić information content (AvgIpc) is 3.12. The van der Waals surface area contributed by atoms with Gasteiger partial charge in [-0.15, -0.1) is 0 Å². The maximum Gasteiger partial charge on any atom is 0.338 e. The number of benzene rings is 1. The third-order valence-electron chi connectivity index (χ3n) is 2.90. The molecule has 7 nitrogen and oxygen atoms in total. The lowest BCUT2D eigenvalue weighted by atomic mass is 10.2. The second-order valence-corrected chi connectivity index (χ2v) is 5.53. The van der Waals surface area contributed by atoms with E-state index in [0.717, 1.165) is 17.8 Å². The van der Waals surface area contributed by atoms with Gasteiger partial charge in [0.15, 0.2) is 5.17 Å². The van der Waals surface area contributed by atoms with Crippen molar-refractivity contribution < 1.29 is 24.2 Å². The summed E-state index contributed by atoms with van der Waals surface area (Å²) >= 11 is 1.07. The molecule has 1 saturated heterocycles. The van der Waals surface area contributed by atoms with Gasteiger partial charge in [-0.05, 0) is 42.1 Å². The summed E-state index contributed by atoms with van der Waals surface area (Å²) < 4.78 is 5.15. The van der Waals surface area contributed by atoms with E-state index in [2.05, 4.69) is 10.3 Å². The Hall–Kier alpha value is -3.00. The lowest BCUT2D eigenvalue weighted by Crippen LogP contribution is -2.19. The van der Waals surface area contributed by atoms with E-state index in [1.165, 1.54) is 18.4 Å². The van der Waals surface area contributed by atoms with Gasteiger partial charge >= 0.3 is 5.97 Å². The number of carbonyl (C=O) groups excluding carboxylic acids is 1. The Morgan fingerprint density at radius 2 is 2.17 bits per heavy atom. The van der Waals surface area contributed by atoms with Crippen LogP contribution in [0, 0.1) is 0 Å². The van der Waals surface area contributed by atoms with E-state index in [9.17, 15) is 14.7 Å². The van der Waals surface area contributed by atoms with Crippen LogP contribution in [0.15, 0.2) is 50.9 Å². The number of carbonyl (C=O) groups is 2. The number of thioether (sulfide) groups is 1. The van der Waals surface area contributed by atoms with E-state index in [-0.39, 0.29) is 28.1 Å². The number of furan rings is 1. The van der Waals surface area contributed by atoms with E-state index in [4.69, 9.17) is 9.52 Å². The molecular formula is C15H10N2O5S. The molecule has 3 rings (SSSR count). The molecule has 0 unspecified atom stereocenters. The quantitative estimate of drug-likeness (QED) is 0.746. The number of amides is 1. The van der Waals surface area contributed by atoms with Crippen LogP contribution in [0.2, 0.25) is 0 Å². The van der Waals surface area contributed by atoms with E-state index in [0.29, 0.717) is 10.7 Å². The van der Waals surface area contributed by atoms with Gasteiger partial charge in [0.2, 0.25) is 0 Å². The summed E-state index contributed by atoms with van der Waals surface area (Å²) in [6.45, 7) is 0. The van der Waals surface area contributed by atoms with E-state index in [1.807, 2.05) is 0 Å². The maximum atomic E-state index is 11.9. The molecule has 1 aliphatic rings. The summed E-state index contributed by atoms with van der Waals surface area (Å²) in [5.74, 6) is -1.21. The highest BCUT2D eigenvalue weighted by Crippen LogP contribution is 2.30. The van der Waals surface area contributed by atoms with Crippen LogP contribution in [0.4, 0.5) is 5.69 Å². The molecule has 1 aromatic heterocycles. The molecule has 0 atom stereocenters. The summed E-state index contributed by atoms with van der Waals surface area (Å²) in [6, 6.07) is 7.20. The SMILES string of the molecule is O=C1NC(=Nc2ccc(O)cc2C(=O)O)S/C1=C\c1ccco1. The lowest BCUT2D eigenvalue weighted by molar-refractivity contribution is -0.115. The zero-order valence-electron chi connectivity index (χ0n) is 11.5. The van der Waals surface area contributed by atoms with Gasteiger partial charge in [-0.1, -0.05) is 0 Å². The Bertz CT molecular complexity index is 840. The van der Waals surface area contributed by atoms with Crippen molar-refractivity contribution in [2.24, 2.45) is 4.99 Å². The zero-order valence-corrected chi connectivity index (χ0v) is 12.3. The van der Waals surface area contributed by atoms with Crippen LogP contribution in [0.1, 0.15) is 16.1 Å². The molecule has 2 aromatic rings. The summed E-state index contributed by atoms with van der Waals surface area (Å²) in [6.07, 6.45) is 3.06. The van der Waals surface area contributed by atoms with Crippen LogP contribution >= 0.6 is 11.8 Å². The highest BCUT2D eigenvalue weighted by atomic mass is 32.2. The van der Waals surface area contributed by atoms with Gasteiger partial charge < -0.3 is 19.9 Å². The number of carboxylic acids is 1. The van der Waals surface area contributed by atoms with Crippen LogP contribution in [0.3, 0.4) is 0 Å². The number of aromatic carboxylic acids is 1. The van der Waals surface area contributed by atoms with Crippen molar-refractivity contribution in [1.82, 2.24) is 5.32 Å². The zero-order chi connectivity index (χ0) is 16.4. The summed E-state index contributed by atoms with van der Waals surface area (Å²) in [4.78, 5) is 27.6. The number of hydrogen-bond acceptors (Lipinski definition) is 6. The highest BCUT2D eigenvalue weighted by molar-refractivity contribution is 8.18. The van der Waals surface area contributed by atoms with Crippen molar-refractivity contribution in [2.45, 2.75) is 0 Å². The Kier molecular flexibility index (Phi) is 3.90. The minimum Gasteiger partial charge on any atom is -0.508 e. The molecule has 2 heterocycles. The maximum absolute atomic E-state index is 11.9. The number of rotatable bonds is 3. The predicted octanol–water partition coefficient (Wildman–Crippen LogP) is 2.58. The standard InChI is InChI=1S/C15H10N2O5S/c18-8-3-4-11(10(6-8)14(20)21)16-15-17-13(19)12(23-15)7-9-2-1-5-22-9/h1-7,18H,(H,20,21)(H,16,17,19)/b12-7-. The number of aliphatic imine (C=N–C) groups is 1. The van der Waals surface area contributed by atoms with Gasteiger partial charge in [-0.25, -0.2) is 9.79 Å². The number of phenolic OH excluding ortho intramolecular Hbond substituents is 1. The predicted molar refractivity (Wildman–Crippen MR) is 84.6 cm³/mol. The fourth-order valence-corrected chi connectivity index (χ4v) is 2.70. The van der Waals surface area contributed by atoms with E-state index in [1.54, 1.807) is 18.2 Å². The topological polar surface area (TPSA) is 112 Å². The van der Waals surface area contributed by atoms with Crippen molar-refractivity contribution >= 4 is 40.6 Å². The number of nitrogens with one attached hydrogen (secondary N) is 1. The molecule has 0 bridgehead atoms. The summed E-state index contributed by atoms with van der Waals surface area (Å²) in [5.41, 5.74) is -0.0202. The molecule has 1 fully saturated rings. The second kappa shape index (κ2) is 6.01. The smallest absolute Gasteiger partial charge is 0.338 e. The average molecular weight is 330 g/mol. The Labute approximate surface area is 134 Å². The van der Waals surface area contributed by atoms with Gasteiger partial charge in [0.1, 0.15) is 11.5 Å². The first-order valence-corrected chi connectivity index (χ1v) is 7.24. The normalized spacial score (nSPS) is 17.7. The monoisotopic (exact) mass is 330 g/mol. The molecular weight excluding hydrogens is 320 g/mol. The van der Waals surface area contributed by atoms with Crippen molar-refractivity contribution in [1.29, 1.82) is 0 Å². The number of aromatic hydroxyl groups is 1. The number of carboxylic acid groups (broad SMARTS) is 1. The number of hydrogen-bond donors (Lipinski definition) is 3. The molecule has 23 heavy (non-hydrogen) atoms. The van der Waals surface area contributed by atoms with Crippen LogP contribution < -0.4 is 5.32 Å². The van der Waals surface area contributed by atoms with Crippen LogP contribution in [-0.2, 0) is 4.79 Å². The first-order valence-electron chi connectivity index (χ1n) is 6.42. The molecule has 0 radical (unpaired) electrons. The highest BCUT2D eigenvalue weighted by Gasteiger charge is 2.25. The van der Waals surface area contributed by atoms with Gasteiger partial charge in [0.25, 0.3) is 5.91 Å². The molecule has 0 saturated carbocycles. The van der Waals surface area contributed by atoms with Gasteiger partial charge in [-0.3, -0.25) is 4.79 Å². The summed E-state index contributed by atoms with van der Waals surface area (Å²) in [5, 5.41) is 21.3. The Morgan fingerprint density at radius 3 is 2.87 bits per heavy atom. The third kappa shape index (κ3) is 3.27. The number of amidine groups is 1. The lowest BCUT2D eigenvalue weighted by Gasteiger charge is -2.02. The molecule has 3 N–H and O–H groups in total. The molecule has 8 heteroatoms. The fourth-order valence-electron chi connectivity index (χ4n) is 1.89. The largest absolute Gasteiger partial charge is 0.508 e. The van der Waals surface area contributed by atoms with E-state index >= 15 is 0 Å². The van der Waals surface area contributed by atoms with Crippen LogP contribution in [0.25, 0.3) is 6.08 Å². The van der Waals surface area contributed by atoms with Crippen LogP contribution in [0.5, 0.6) is 5.75 Å². The van der Waals surface area contributed by atoms with Crippen molar-refractivity contribution in [3.63, 3.8) is 0 Å². The van der Waals surface area contributed by atoms with E-state index < -0.39 is 5.97 Å². The van der Waals surface area contributed by atoms with Crippen molar-refractivity contribution in [3.05, 3.63) is 52.8 Å². The van der Waals surface area contributed by atoms with Crippen molar-refractivity contribution in [2.75, 3.05) is 0 Å². The van der Waals surface area contributed by atoms with Gasteiger partial charge in [0.05, 0.1) is 22.4 Å². The minimum atomic E-state index is -1.22.